The van der Waals surface area contributed by atoms with E-state index in [1.54, 1.807) is 0 Å². The van der Waals surface area contributed by atoms with Gasteiger partial charge in [0.15, 0.2) is 0 Å². The Kier molecular flexibility index (Phi) is 4.87. The quantitative estimate of drug-likeness (QED) is 0.876. The van der Waals surface area contributed by atoms with Gasteiger partial charge >= 0.3 is 0 Å². The molecule has 2 N–H and O–H groups in total. The maximum atomic E-state index is 6.08. The van der Waals surface area contributed by atoms with Gasteiger partial charge in [0, 0.05) is 6.04 Å². The fraction of sp³-hybridized carbons (Fsp3) is 0.647. The van der Waals surface area contributed by atoms with Crippen molar-refractivity contribution >= 4 is 0 Å². The van der Waals surface area contributed by atoms with Crippen LogP contribution in [-0.2, 0) is 6.42 Å². The predicted octanol–water partition coefficient (Wildman–Crippen LogP) is 3.76. The van der Waals surface area contributed by atoms with Crippen LogP contribution in [0.3, 0.4) is 0 Å². The van der Waals surface area contributed by atoms with Crippen molar-refractivity contribution in [1.29, 1.82) is 0 Å². The zero-order valence-corrected chi connectivity index (χ0v) is 12.5. The van der Waals surface area contributed by atoms with Crippen molar-refractivity contribution in [2.75, 3.05) is 6.61 Å². The zero-order valence-electron chi connectivity index (χ0n) is 12.5. The normalized spacial score (nSPS) is 17.7. The molecule has 0 heterocycles. The molecule has 2 heteroatoms. The Labute approximate surface area is 117 Å². The van der Waals surface area contributed by atoms with Crippen LogP contribution in [0, 0.1) is 19.8 Å². The number of nitrogens with two attached hydrogens (primary N) is 1. The van der Waals surface area contributed by atoms with Gasteiger partial charge in [-0.05, 0) is 62.6 Å². The fourth-order valence-corrected chi connectivity index (χ4v) is 3.14. The Morgan fingerprint density at radius 1 is 1.21 bits per heavy atom. The summed E-state index contributed by atoms with van der Waals surface area (Å²) in [5.74, 6) is 1.85. The minimum atomic E-state index is 0.212. The van der Waals surface area contributed by atoms with Crippen molar-refractivity contribution in [1.82, 2.24) is 0 Å². The third-order valence-electron chi connectivity index (χ3n) is 4.02. The molecule has 0 radical (unpaired) electrons. The SMILES string of the molecule is Cc1cc(CC(C)N)cc(C)c1OCC1CCCC1. The molecule has 1 aromatic rings. The van der Waals surface area contributed by atoms with Crippen molar-refractivity contribution in [2.24, 2.45) is 11.7 Å². The summed E-state index contributed by atoms with van der Waals surface area (Å²) in [5.41, 5.74) is 9.68. The largest absolute Gasteiger partial charge is 0.493 e. The van der Waals surface area contributed by atoms with Crippen molar-refractivity contribution in [3.05, 3.63) is 28.8 Å². The first-order valence-electron chi connectivity index (χ1n) is 7.54. The standard InChI is InChI=1S/C17H27NO/c1-12-8-16(10-14(3)18)9-13(2)17(12)19-11-15-6-4-5-7-15/h8-9,14-15H,4-7,10-11,18H2,1-3H3. The molecule has 1 aliphatic carbocycles. The van der Waals surface area contributed by atoms with E-state index < -0.39 is 0 Å². The molecule has 1 aromatic carbocycles. The van der Waals surface area contributed by atoms with E-state index in [-0.39, 0.29) is 6.04 Å². The van der Waals surface area contributed by atoms with Crippen molar-refractivity contribution in [3.8, 4) is 5.75 Å². The van der Waals surface area contributed by atoms with Crippen molar-refractivity contribution < 1.29 is 4.74 Å². The first-order chi connectivity index (χ1) is 9.06. The van der Waals surface area contributed by atoms with Gasteiger partial charge in [0.1, 0.15) is 5.75 Å². The Morgan fingerprint density at radius 3 is 2.32 bits per heavy atom. The van der Waals surface area contributed by atoms with E-state index in [0.717, 1.165) is 24.7 Å². The molecular weight excluding hydrogens is 234 g/mol. The molecule has 0 spiro atoms. The Bertz CT molecular complexity index is 396. The highest BCUT2D eigenvalue weighted by Gasteiger charge is 2.16. The maximum absolute atomic E-state index is 6.08. The number of ether oxygens (including phenoxy) is 1. The van der Waals surface area contributed by atoms with E-state index >= 15 is 0 Å². The van der Waals surface area contributed by atoms with Gasteiger partial charge < -0.3 is 10.5 Å². The second-order valence-electron chi connectivity index (χ2n) is 6.20. The summed E-state index contributed by atoms with van der Waals surface area (Å²) in [4.78, 5) is 0. The molecule has 1 fully saturated rings. The van der Waals surface area contributed by atoms with Crippen LogP contribution in [0.1, 0.15) is 49.3 Å². The average molecular weight is 261 g/mol. The lowest BCUT2D eigenvalue weighted by molar-refractivity contribution is 0.249. The van der Waals surface area contributed by atoms with Crippen molar-refractivity contribution in [3.63, 3.8) is 0 Å². The molecule has 0 saturated heterocycles. The highest BCUT2D eigenvalue weighted by Crippen LogP contribution is 2.29. The van der Waals surface area contributed by atoms with Crippen molar-refractivity contribution in [2.45, 2.75) is 58.9 Å². The fourth-order valence-electron chi connectivity index (χ4n) is 3.14. The maximum Gasteiger partial charge on any atom is 0.125 e. The van der Waals surface area contributed by atoms with Gasteiger partial charge in [-0.2, -0.15) is 0 Å². The van der Waals surface area contributed by atoms with E-state index in [1.165, 1.54) is 42.4 Å². The number of rotatable bonds is 5. The molecule has 0 amide bonds. The summed E-state index contributed by atoms with van der Waals surface area (Å²) >= 11 is 0. The summed E-state index contributed by atoms with van der Waals surface area (Å²) < 4.78 is 6.08. The van der Waals surface area contributed by atoms with Gasteiger partial charge in [-0.1, -0.05) is 25.0 Å². The number of aryl methyl sites for hydroxylation is 2. The van der Waals surface area contributed by atoms with Crippen LogP contribution in [0.15, 0.2) is 12.1 Å². The molecule has 0 aromatic heterocycles. The summed E-state index contributed by atoms with van der Waals surface area (Å²) in [6.45, 7) is 7.22. The third-order valence-corrected chi connectivity index (χ3v) is 4.02. The van der Waals surface area contributed by atoms with Crippen LogP contribution >= 0.6 is 0 Å². The van der Waals surface area contributed by atoms with E-state index in [9.17, 15) is 0 Å². The lowest BCUT2D eigenvalue weighted by Gasteiger charge is -2.17. The van der Waals surface area contributed by atoms with E-state index in [0.29, 0.717) is 0 Å². The van der Waals surface area contributed by atoms with E-state index in [2.05, 4.69) is 32.9 Å². The molecule has 2 rings (SSSR count). The van der Waals surface area contributed by atoms with Gasteiger partial charge in [-0.3, -0.25) is 0 Å². The molecule has 0 aliphatic heterocycles. The van der Waals surface area contributed by atoms with Crippen LogP contribution in [0.2, 0.25) is 0 Å². The molecule has 106 valence electrons. The van der Waals surface area contributed by atoms with Gasteiger partial charge in [-0.25, -0.2) is 0 Å². The number of benzene rings is 1. The molecule has 1 atom stereocenters. The minimum Gasteiger partial charge on any atom is -0.493 e. The first-order valence-corrected chi connectivity index (χ1v) is 7.54. The summed E-state index contributed by atoms with van der Waals surface area (Å²) in [6, 6.07) is 4.66. The Morgan fingerprint density at radius 2 is 1.79 bits per heavy atom. The minimum absolute atomic E-state index is 0.212. The Balaban J connectivity index is 2.03. The Hall–Kier alpha value is -1.02. The summed E-state index contributed by atoms with van der Waals surface area (Å²) in [7, 11) is 0. The molecule has 1 unspecified atom stereocenters. The molecule has 0 bridgehead atoms. The molecule has 1 saturated carbocycles. The highest BCUT2D eigenvalue weighted by atomic mass is 16.5. The molecule has 19 heavy (non-hydrogen) atoms. The third kappa shape index (κ3) is 3.97. The highest BCUT2D eigenvalue weighted by molar-refractivity contribution is 5.43. The smallest absolute Gasteiger partial charge is 0.125 e. The lowest BCUT2D eigenvalue weighted by atomic mass is 10.0. The second-order valence-corrected chi connectivity index (χ2v) is 6.20. The van der Waals surface area contributed by atoms with Crippen LogP contribution in [0.5, 0.6) is 5.75 Å². The van der Waals surface area contributed by atoms with Gasteiger partial charge in [0.25, 0.3) is 0 Å². The topological polar surface area (TPSA) is 35.2 Å². The number of hydrogen-bond acceptors (Lipinski definition) is 2. The molecular formula is C17H27NO. The van der Waals surface area contributed by atoms with Crippen LogP contribution < -0.4 is 10.5 Å². The molecule has 2 nitrogen and oxygen atoms in total. The first kappa shape index (κ1) is 14.4. The monoisotopic (exact) mass is 261 g/mol. The van der Waals surface area contributed by atoms with Crippen LogP contribution in [0.4, 0.5) is 0 Å². The van der Waals surface area contributed by atoms with Crippen LogP contribution in [-0.4, -0.2) is 12.6 Å². The zero-order chi connectivity index (χ0) is 13.8. The van der Waals surface area contributed by atoms with E-state index in [4.69, 9.17) is 10.5 Å². The van der Waals surface area contributed by atoms with Crippen LogP contribution in [0.25, 0.3) is 0 Å². The average Bonchev–Trinajstić information content (AvgIpc) is 2.79. The molecule has 1 aliphatic rings. The lowest BCUT2D eigenvalue weighted by Crippen LogP contribution is -2.18. The van der Waals surface area contributed by atoms with Gasteiger partial charge in [0.05, 0.1) is 6.61 Å². The number of hydrogen-bond donors (Lipinski definition) is 1. The summed E-state index contributed by atoms with van der Waals surface area (Å²) in [6.07, 6.45) is 6.35. The summed E-state index contributed by atoms with van der Waals surface area (Å²) in [5, 5.41) is 0. The van der Waals surface area contributed by atoms with E-state index in [1.807, 2.05) is 0 Å². The van der Waals surface area contributed by atoms with Gasteiger partial charge in [-0.15, -0.1) is 0 Å². The predicted molar refractivity (Wildman–Crippen MR) is 80.7 cm³/mol. The second kappa shape index (κ2) is 6.42. The van der Waals surface area contributed by atoms with Gasteiger partial charge in [0.2, 0.25) is 0 Å².